The second-order valence-electron chi connectivity index (χ2n) is 4.73. The molecule has 114 valence electrons. The second kappa shape index (κ2) is 5.94. The topological polar surface area (TPSA) is 60.9 Å². The Bertz CT molecular complexity index is 717. The first kappa shape index (κ1) is 15.4. The number of amides is 1. The second-order valence-corrected chi connectivity index (χ2v) is 7.41. The molecule has 1 N–H and O–H groups in total. The van der Waals surface area contributed by atoms with Gasteiger partial charge in [0, 0.05) is 18.5 Å². The van der Waals surface area contributed by atoms with Gasteiger partial charge in [0.1, 0.15) is 9.23 Å². The fourth-order valence-corrected chi connectivity index (χ4v) is 4.86. The van der Waals surface area contributed by atoms with E-state index in [4.69, 9.17) is 17.3 Å². The number of thiocarbonyl (C=S) groups is 1. The maximum absolute atomic E-state index is 12.5. The first-order chi connectivity index (χ1) is 10.5. The summed E-state index contributed by atoms with van der Waals surface area (Å²) in [6.45, 7) is 0.109. The van der Waals surface area contributed by atoms with E-state index in [0.29, 0.717) is 9.23 Å². The summed E-state index contributed by atoms with van der Waals surface area (Å²) >= 11 is 7.99. The molecule has 0 spiro atoms. The van der Waals surface area contributed by atoms with Gasteiger partial charge < -0.3 is 10.0 Å². The van der Waals surface area contributed by atoms with Crippen LogP contribution in [0.15, 0.2) is 39.1 Å². The van der Waals surface area contributed by atoms with Crippen molar-refractivity contribution in [2.24, 2.45) is 0 Å². The van der Waals surface area contributed by atoms with Crippen LogP contribution in [0.1, 0.15) is 6.42 Å². The van der Waals surface area contributed by atoms with Crippen LogP contribution in [0.25, 0.3) is 0 Å². The molecule has 0 radical (unpaired) electrons. The van der Waals surface area contributed by atoms with Crippen molar-refractivity contribution in [1.82, 2.24) is 4.90 Å². The predicted octanol–water partition coefficient (Wildman–Crippen LogP) is 2.73. The number of carbonyl (C=O) groups excluding carboxylic acids is 1. The molecule has 8 heteroatoms. The number of rotatable bonds is 3. The van der Waals surface area contributed by atoms with Gasteiger partial charge in [0.2, 0.25) is 0 Å². The van der Waals surface area contributed by atoms with E-state index in [1.165, 1.54) is 28.4 Å². The number of aliphatic carboxylic acids is 1. The van der Waals surface area contributed by atoms with Gasteiger partial charge in [-0.1, -0.05) is 47.9 Å². The Morgan fingerprint density at radius 3 is 2.73 bits per heavy atom. The predicted molar refractivity (Wildman–Crippen MR) is 91.9 cm³/mol. The Morgan fingerprint density at radius 1 is 1.32 bits per heavy atom. The van der Waals surface area contributed by atoms with E-state index in [-0.39, 0.29) is 18.9 Å². The third-order valence-electron chi connectivity index (χ3n) is 3.33. The fraction of sp³-hybridized carbons (Fsp3) is 0.214. The highest BCUT2D eigenvalue weighted by Crippen LogP contribution is 2.49. The molecular formula is C14H12N2O3S3. The van der Waals surface area contributed by atoms with Crippen LogP contribution < -0.4 is 4.90 Å². The summed E-state index contributed by atoms with van der Waals surface area (Å²) in [5, 5.41) is 9.62. The molecule has 1 saturated heterocycles. The van der Waals surface area contributed by atoms with Crippen molar-refractivity contribution in [3.63, 3.8) is 0 Å². The lowest BCUT2D eigenvalue weighted by molar-refractivity contribution is -0.137. The lowest BCUT2D eigenvalue weighted by atomic mass is 10.3. The van der Waals surface area contributed by atoms with Gasteiger partial charge in [-0.25, -0.2) is 0 Å². The quantitative estimate of drug-likeness (QED) is 0.663. The number of carboxylic acid groups (broad SMARTS) is 1. The van der Waals surface area contributed by atoms with E-state index < -0.39 is 5.97 Å². The van der Waals surface area contributed by atoms with E-state index in [0.717, 1.165) is 15.6 Å². The van der Waals surface area contributed by atoms with Crippen LogP contribution >= 0.6 is 35.7 Å². The number of fused-ring (bicyclic) bond motifs is 1. The van der Waals surface area contributed by atoms with Crippen molar-refractivity contribution in [2.75, 3.05) is 18.5 Å². The van der Waals surface area contributed by atoms with Crippen LogP contribution in [0.3, 0.4) is 0 Å². The number of benzene rings is 1. The smallest absolute Gasteiger partial charge is 0.305 e. The molecule has 0 saturated carbocycles. The van der Waals surface area contributed by atoms with E-state index in [1.54, 1.807) is 0 Å². The monoisotopic (exact) mass is 352 g/mol. The number of hydrogen-bond acceptors (Lipinski definition) is 6. The van der Waals surface area contributed by atoms with Crippen molar-refractivity contribution in [3.8, 4) is 0 Å². The van der Waals surface area contributed by atoms with Gasteiger partial charge >= 0.3 is 5.97 Å². The van der Waals surface area contributed by atoms with Crippen molar-refractivity contribution >= 4 is 57.6 Å². The summed E-state index contributed by atoms with van der Waals surface area (Å²) in [5.41, 5.74) is 1.05. The summed E-state index contributed by atoms with van der Waals surface area (Å²) in [6, 6.07) is 7.92. The highest BCUT2D eigenvalue weighted by molar-refractivity contribution is 8.27. The average Bonchev–Trinajstić information content (AvgIpc) is 2.95. The first-order valence-corrected chi connectivity index (χ1v) is 8.53. The number of anilines is 1. The molecule has 2 heterocycles. The minimum Gasteiger partial charge on any atom is -0.481 e. The Labute approximate surface area is 141 Å². The Hall–Kier alpha value is -1.51. The largest absolute Gasteiger partial charge is 0.481 e. The highest BCUT2D eigenvalue weighted by atomic mass is 32.2. The van der Waals surface area contributed by atoms with E-state index in [1.807, 2.05) is 36.2 Å². The molecule has 2 aliphatic rings. The van der Waals surface area contributed by atoms with Gasteiger partial charge in [-0.3, -0.25) is 14.5 Å². The highest BCUT2D eigenvalue weighted by Gasteiger charge is 2.38. The van der Waals surface area contributed by atoms with Crippen LogP contribution in [0.4, 0.5) is 5.69 Å². The molecule has 0 atom stereocenters. The minimum atomic E-state index is -0.943. The Balaban J connectivity index is 1.89. The molecule has 0 aromatic heterocycles. The SMILES string of the molecule is CN1C(=C2SC(=S)N(CCC(=O)O)C2=O)Sc2ccccc21. The van der Waals surface area contributed by atoms with E-state index in [2.05, 4.69) is 0 Å². The molecule has 1 amide bonds. The van der Waals surface area contributed by atoms with Crippen molar-refractivity contribution in [2.45, 2.75) is 11.3 Å². The summed E-state index contributed by atoms with van der Waals surface area (Å²) in [5.74, 6) is -1.15. The van der Waals surface area contributed by atoms with Crippen LogP contribution in [-0.4, -0.2) is 39.8 Å². The third-order valence-corrected chi connectivity index (χ3v) is 6.13. The number of carbonyl (C=O) groups is 2. The van der Waals surface area contributed by atoms with E-state index >= 15 is 0 Å². The molecule has 3 rings (SSSR count). The Morgan fingerprint density at radius 2 is 2.05 bits per heavy atom. The average molecular weight is 352 g/mol. The molecule has 2 aliphatic heterocycles. The number of carboxylic acids is 1. The lowest BCUT2D eigenvalue weighted by Gasteiger charge is -2.15. The first-order valence-electron chi connectivity index (χ1n) is 6.49. The third kappa shape index (κ3) is 2.62. The van der Waals surface area contributed by atoms with Crippen molar-refractivity contribution in [1.29, 1.82) is 0 Å². The molecule has 0 bridgehead atoms. The summed E-state index contributed by atoms with van der Waals surface area (Å²) in [6.07, 6.45) is -0.113. The molecule has 1 aromatic carbocycles. The normalized spacial score (nSPS) is 20.8. The van der Waals surface area contributed by atoms with Crippen LogP contribution in [-0.2, 0) is 9.59 Å². The van der Waals surface area contributed by atoms with Gasteiger partial charge in [-0.05, 0) is 12.1 Å². The molecular weight excluding hydrogens is 340 g/mol. The van der Waals surface area contributed by atoms with Crippen molar-refractivity contribution < 1.29 is 14.7 Å². The van der Waals surface area contributed by atoms with Gasteiger partial charge in [-0.15, -0.1) is 0 Å². The lowest BCUT2D eigenvalue weighted by Crippen LogP contribution is -2.30. The maximum atomic E-state index is 12.5. The minimum absolute atomic E-state index is 0.109. The van der Waals surface area contributed by atoms with Gasteiger partial charge in [-0.2, -0.15) is 0 Å². The zero-order valence-electron chi connectivity index (χ0n) is 11.6. The summed E-state index contributed by atoms with van der Waals surface area (Å²) in [7, 11) is 1.91. The van der Waals surface area contributed by atoms with Crippen LogP contribution in [0, 0.1) is 0 Å². The number of para-hydroxylation sites is 1. The fourth-order valence-electron chi connectivity index (χ4n) is 2.23. The zero-order chi connectivity index (χ0) is 15.9. The van der Waals surface area contributed by atoms with Crippen LogP contribution in [0.5, 0.6) is 0 Å². The molecule has 0 aliphatic carbocycles. The molecule has 1 aromatic rings. The van der Waals surface area contributed by atoms with Gasteiger partial charge in [0.15, 0.2) is 0 Å². The van der Waals surface area contributed by atoms with Crippen LogP contribution in [0.2, 0.25) is 0 Å². The molecule has 5 nitrogen and oxygen atoms in total. The molecule has 0 unspecified atom stereocenters. The standard InChI is InChI=1S/C14H12N2O3S3/c1-15-8-4-2-3-5-9(8)21-13(15)11-12(19)16(14(20)22-11)7-6-10(17)18/h2-5H,6-7H2,1H3,(H,17,18). The Kier molecular flexibility index (Phi) is 4.16. The van der Waals surface area contributed by atoms with Gasteiger partial charge in [0.05, 0.1) is 17.1 Å². The van der Waals surface area contributed by atoms with Crippen molar-refractivity contribution in [3.05, 3.63) is 34.2 Å². The number of nitrogens with zero attached hydrogens (tertiary/aromatic N) is 2. The van der Waals surface area contributed by atoms with E-state index in [9.17, 15) is 9.59 Å². The van der Waals surface area contributed by atoms with Gasteiger partial charge in [0.25, 0.3) is 5.91 Å². The summed E-state index contributed by atoms with van der Waals surface area (Å²) in [4.78, 5) is 28.2. The zero-order valence-corrected chi connectivity index (χ0v) is 14.1. The summed E-state index contributed by atoms with van der Waals surface area (Å²) < 4.78 is 0.415. The number of hydrogen-bond donors (Lipinski definition) is 1. The maximum Gasteiger partial charge on any atom is 0.305 e. The molecule has 1 fully saturated rings. The molecule has 22 heavy (non-hydrogen) atoms. The number of thioether (sulfide) groups is 2.